The second kappa shape index (κ2) is 8.19. The molecule has 1 atom stereocenters. The van der Waals surface area contributed by atoms with E-state index in [1.165, 1.54) is 0 Å². The highest BCUT2D eigenvalue weighted by Gasteiger charge is 2.11. The molecule has 0 fully saturated rings. The molecule has 6 nitrogen and oxygen atoms in total. The summed E-state index contributed by atoms with van der Waals surface area (Å²) in [5.74, 6) is 0.570. The van der Waals surface area contributed by atoms with Crippen LogP contribution in [0.4, 0.5) is 10.5 Å². The van der Waals surface area contributed by atoms with Gasteiger partial charge in [-0.15, -0.1) is 0 Å². The van der Waals surface area contributed by atoms with Crippen molar-refractivity contribution in [3.05, 3.63) is 53.5 Å². The van der Waals surface area contributed by atoms with Crippen LogP contribution in [0.3, 0.4) is 0 Å². The number of carbonyl (C=O) groups is 2. The van der Waals surface area contributed by atoms with Gasteiger partial charge in [-0.1, -0.05) is 6.92 Å². The van der Waals surface area contributed by atoms with Gasteiger partial charge in [-0.3, -0.25) is 4.79 Å². The highest BCUT2D eigenvalue weighted by Crippen LogP contribution is 2.16. The van der Waals surface area contributed by atoms with E-state index in [9.17, 15) is 9.59 Å². The van der Waals surface area contributed by atoms with E-state index in [4.69, 9.17) is 4.42 Å². The number of hydrogen-bond donors (Lipinski definition) is 3. The van der Waals surface area contributed by atoms with Crippen molar-refractivity contribution in [3.63, 3.8) is 0 Å². The average molecular weight is 329 g/mol. The summed E-state index contributed by atoms with van der Waals surface area (Å²) in [6, 6.07) is 8.55. The second-order valence-corrected chi connectivity index (χ2v) is 5.70. The molecule has 0 unspecified atom stereocenters. The lowest BCUT2D eigenvalue weighted by Gasteiger charge is -2.13. The first-order valence-corrected chi connectivity index (χ1v) is 7.98. The van der Waals surface area contributed by atoms with Gasteiger partial charge in [0, 0.05) is 17.3 Å². The number of rotatable bonds is 6. The molecule has 2 aromatic rings. The fourth-order valence-electron chi connectivity index (χ4n) is 2.10. The first-order chi connectivity index (χ1) is 11.5. The Hall–Kier alpha value is -2.76. The molecule has 3 N–H and O–H groups in total. The summed E-state index contributed by atoms with van der Waals surface area (Å²) in [4.78, 5) is 24.0. The number of hydrogen-bond acceptors (Lipinski definition) is 3. The van der Waals surface area contributed by atoms with Crippen LogP contribution >= 0.6 is 0 Å². The largest absolute Gasteiger partial charge is 0.467 e. The van der Waals surface area contributed by atoms with Crippen LogP contribution in [0.15, 0.2) is 41.0 Å². The number of amides is 3. The SMILES string of the molecule is CC[C@@H](C)NC(=O)c1ccc(NC(=O)NCc2ccco2)c(C)c1. The molecule has 3 amide bonds. The van der Waals surface area contributed by atoms with E-state index >= 15 is 0 Å². The zero-order valence-corrected chi connectivity index (χ0v) is 14.2. The van der Waals surface area contributed by atoms with Crippen LogP contribution in [0.1, 0.15) is 41.9 Å². The van der Waals surface area contributed by atoms with E-state index in [-0.39, 0.29) is 18.0 Å². The molecule has 0 bridgehead atoms. The minimum Gasteiger partial charge on any atom is -0.467 e. The molecule has 6 heteroatoms. The third-order valence-corrected chi connectivity index (χ3v) is 3.73. The average Bonchev–Trinajstić information content (AvgIpc) is 3.08. The van der Waals surface area contributed by atoms with Gasteiger partial charge in [0.1, 0.15) is 5.76 Å². The van der Waals surface area contributed by atoms with Crippen molar-refractivity contribution >= 4 is 17.6 Å². The van der Waals surface area contributed by atoms with Crippen molar-refractivity contribution in [2.75, 3.05) is 5.32 Å². The highest BCUT2D eigenvalue weighted by atomic mass is 16.3. The second-order valence-electron chi connectivity index (χ2n) is 5.70. The number of anilines is 1. The number of benzene rings is 1. The zero-order chi connectivity index (χ0) is 17.5. The van der Waals surface area contributed by atoms with Crippen molar-refractivity contribution in [1.82, 2.24) is 10.6 Å². The Morgan fingerprint density at radius 2 is 2.04 bits per heavy atom. The van der Waals surface area contributed by atoms with Gasteiger partial charge in [0.15, 0.2) is 0 Å². The van der Waals surface area contributed by atoms with Gasteiger partial charge in [0.05, 0.1) is 12.8 Å². The standard InChI is InChI=1S/C18H23N3O3/c1-4-13(3)20-17(22)14-7-8-16(12(2)10-14)21-18(23)19-11-15-6-5-9-24-15/h5-10,13H,4,11H2,1-3H3,(H,20,22)(H2,19,21,23)/t13-/m1/s1. The Labute approximate surface area is 141 Å². The summed E-state index contributed by atoms with van der Waals surface area (Å²) < 4.78 is 5.15. The van der Waals surface area contributed by atoms with E-state index in [2.05, 4.69) is 16.0 Å². The molecule has 0 saturated carbocycles. The molecule has 0 aliphatic heterocycles. The first-order valence-electron chi connectivity index (χ1n) is 7.98. The van der Waals surface area contributed by atoms with Crippen molar-refractivity contribution in [1.29, 1.82) is 0 Å². The van der Waals surface area contributed by atoms with Crippen molar-refractivity contribution in [2.24, 2.45) is 0 Å². The lowest BCUT2D eigenvalue weighted by Crippen LogP contribution is -2.32. The summed E-state index contributed by atoms with van der Waals surface area (Å²) in [7, 11) is 0. The third-order valence-electron chi connectivity index (χ3n) is 3.73. The maximum atomic E-state index is 12.1. The monoisotopic (exact) mass is 329 g/mol. The number of furan rings is 1. The third kappa shape index (κ3) is 4.87. The van der Waals surface area contributed by atoms with Gasteiger partial charge in [0.25, 0.3) is 5.91 Å². The van der Waals surface area contributed by atoms with Crippen LogP contribution in [0.25, 0.3) is 0 Å². The van der Waals surface area contributed by atoms with Crippen molar-refractivity contribution in [3.8, 4) is 0 Å². The van der Waals surface area contributed by atoms with Gasteiger partial charge < -0.3 is 20.4 Å². The van der Waals surface area contributed by atoms with Gasteiger partial charge >= 0.3 is 6.03 Å². The summed E-state index contributed by atoms with van der Waals surface area (Å²) >= 11 is 0. The minimum absolute atomic E-state index is 0.110. The maximum absolute atomic E-state index is 12.1. The fourth-order valence-corrected chi connectivity index (χ4v) is 2.10. The van der Waals surface area contributed by atoms with E-state index in [1.807, 2.05) is 20.8 Å². The van der Waals surface area contributed by atoms with Crippen LogP contribution in [0.2, 0.25) is 0 Å². The van der Waals surface area contributed by atoms with Crippen molar-refractivity contribution < 1.29 is 14.0 Å². The molecule has 1 aromatic heterocycles. The lowest BCUT2D eigenvalue weighted by molar-refractivity contribution is 0.0939. The van der Waals surface area contributed by atoms with Gasteiger partial charge in [-0.25, -0.2) is 4.79 Å². The van der Waals surface area contributed by atoms with Crippen molar-refractivity contribution in [2.45, 2.75) is 39.8 Å². The number of urea groups is 1. The van der Waals surface area contributed by atoms with Crippen LogP contribution in [0.5, 0.6) is 0 Å². The molecule has 2 rings (SSSR count). The molecular formula is C18H23N3O3. The molecule has 1 heterocycles. The number of nitrogens with one attached hydrogen (secondary N) is 3. The molecule has 24 heavy (non-hydrogen) atoms. The number of carbonyl (C=O) groups excluding carboxylic acids is 2. The predicted molar refractivity (Wildman–Crippen MR) is 93.0 cm³/mol. The molecule has 1 aromatic carbocycles. The molecule has 128 valence electrons. The summed E-state index contributed by atoms with van der Waals surface area (Å²) in [6.07, 6.45) is 2.43. The molecule has 0 aliphatic carbocycles. The van der Waals surface area contributed by atoms with E-state index in [0.29, 0.717) is 23.6 Å². The Morgan fingerprint density at radius 1 is 1.25 bits per heavy atom. The predicted octanol–water partition coefficient (Wildman–Crippen LogP) is 3.44. The van der Waals surface area contributed by atoms with Gasteiger partial charge in [-0.05, 0) is 56.2 Å². The first kappa shape index (κ1) is 17.6. The lowest BCUT2D eigenvalue weighted by atomic mass is 10.1. The van der Waals surface area contributed by atoms with E-state index < -0.39 is 0 Å². The quantitative estimate of drug-likeness (QED) is 0.759. The highest BCUT2D eigenvalue weighted by molar-refractivity contribution is 5.96. The zero-order valence-electron chi connectivity index (χ0n) is 14.2. The molecule has 0 spiro atoms. The van der Waals surface area contributed by atoms with Crippen LogP contribution in [-0.4, -0.2) is 18.0 Å². The Kier molecular flexibility index (Phi) is 6.01. The molecule has 0 aliphatic rings. The Bertz CT molecular complexity index is 696. The summed E-state index contributed by atoms with van der Waals surface area (Å²) in [5, 5.41) is 8.40. The molecule has 0 saturated heterocycles. The minimum atomic E-state index is -0.327. The van der Waals surface area contributed by atoms with Gasteiger partial charge in [0.2, 0.25) is 0 Å². The normalized spacial score (nSPS) is 11.6. The van der Waals surface area contributed by atoms with E-state index in [0.717, 1.165) is 12.0 Å². The van der Waals surface area contributed by atoms with E-state index in [1.54, 1.807) is 36.6 Å². The maximum Gasteiger partial charge on any atom is 0.319 e. The van der Waals surface area contributed by atoms with Crippen LogP contribution < -0.4 is 16.0 Å². The molecule has 0 radical (unpaired) electrons. The smallest absolute Gasteiger partial charge is 0.319 e. The molecular weight excluding hydrogens is 306 g/mol. The van der Waals surface area contributed by atoms with Gasteiger partial charge in [-0.2, -0.15) is 0 Å². The number of aryl methyl sites for hydroxylation is 1. The fraction of sp³-hybridized carbons (Fsp3) is 0.333. The summed E-state index contributed by atoms with van der Waals surface area (Å²) in [6.45, 7) is 6.14. The Balaban J connectivity index is 1.94. The van der Waals surface area contributed by atoms with Crippen LogP contribution in [0, 0.1) is 6.92 Å². The topological polar surface area (TPSA) is 83.4 Å². The Morgan fingerprint density at radius 3 is 2.67 bits per heavy atom. The summed E-state index contributed by atoms with van der Waals surface area (Å²) in [5.41, 5.74) is 2.06. The van der Waals surface area contributed by atoms with Crippen LogP contribution in [-0.2, 0) is 6.54 Å².